The number of hydrogen-bond donors (Lipinski definition) is 1. The third kappa shape index (κ3) is 2.95. The second-order valence-electron chi connectivity index (χ2n) is 3.50. The molecule has 0 aliphatic rings. The van der Waals surface area contributed by atoms with Gasteiger partial charge in [-0.05, 0) is 19.1 Å². The summed E-state index contributed by atoms with van der Waals surface area (Å²) in [6, 6.07) is 3.62. The zero-order chi connectivity index (χ0) is 13.0. The normalized spacial score (nSPS) is 10.4. The maximum Gasteiger partial charge on any atom is 0.191 e. The summed E-state index contributed by atoms with van der Waals surface area (Å²) < 4.78 is 31.7. The number of benzene rings is 1. The molecule has 6 heteroatoms. The van der Waals surface area contributed by atoms with Gasteiger partial charge in [-0.3, -0.25) is 0 Å². The summed E-state index contributed by atoms with van der Waals surface area (Å²) in [5.41, 5.74) is 0. The first-order chi connectivity index (χ1) is 8.70. The first-order valence-electron chi connectivity index (χ1n) is 5.46. The average molecular weight is 270 g/mol. The summed E-state index contributed by atoms with van der Waals surface area (Å²) in [4.78, 5) is 4.90. The topological polar surface area (TPSA) is 34.2 Å². The Kier molecular flexibility index (Phi) is 4.09. The Hall–Kier alpha value is -1.69. The van der Waals surface area contributed by atoms with E-state index in [0.29, 0.717) is 0 Å². The first-order valence-corrected chi connectivity index (χ1v) is 6.27. The van der Waals surface area contributed by atoms with Crippen LogP contribution in [-0.4, -0.2) is 11.5 Å². The Balaban J connectivity index is 2.02. The highest BCUT2D eigenvalue weighted by atomic mass is 32.1. The van der Waals surface area contributed by atoms with Gasteiger partial charge >= 0.3 is 0 Å². The Labute approximate surface area is 107 Å². The van der Waals surface area contributed by atoms with Gasteiger partial charge < -0.3 is 10.1 Å². The van der Waals surface area contributed by atoms with Crippen LogP contribution in [0.1, 0.15) is 11.8 Å². The van der Waals surface area contributed by atoms with Crippen LogP contribution in [0.3, 0.4) is 0 Å². The number of aromatic nitrogens is 1. The molecule has 1 aromatic carbocycles. The van der Waals surface area contributed by atoms with Crippen molar-refractivity contribution in [2.45, 2.75) is 13.5 Å². The lowest BCUT2D eigenvalue weighted by Gasteiger charge is -2.06. The zero-order valence-electron chi connectivity index (χ0n) is 9.74. The minimum atomic E-state index is -0.702. The van der Waals surface area contributed by atoms with Gasteiger partial charge in [0.25, 0.3) is 0 Å². The molecule has 0 aliphatic carbocycles. The van der Waals surface area contributed by atoms with Gasteiger partial charge in [-0.25, -0.2) is 13.8 Å². The molecule has 0 saturated carbocycles. The molecule has 0 bridgehead atoms. The third-order valence-corrected chi connectivity index (χ3v) is 3.09. The Morgan fingerprint density at radius 2 is 2.06 bits per heavy atom. The van der Waals surface area contributed by atoms with E-state index in [-0.39, 0.29) is 12.4 Å². The van der Waals surface area contributed by atoms with Crippen molar-refractivity contribution in [2.24, 2.45) is 0 Å². The molecule has 1 aromatic heterocycles. The fourth-order valence-corrected chi connectivity index (χ4v) is 2.16. The van der Waals surface area contributed by atoms with Crippen LogP contribution in [0.4, 0.5) is 13.9 Å². The van der Waals surface area contributed by atoms with Crippen LogP contribution in [0, 0.1) is 11.6 Å². The van der Waals surface area contributed by atoms with E-state index in [0.717, 1.165) is 28.7 Å². The number of nitrogens with one attached hydrogen (secondary N) is 1. The van der Waals surface area contributed by atoms with Crippen molar-refractivity contribution in [3.63, 3.8) is 0 Å². The number of nitrogens with zero attached hydrogens (tertiary/aromatic N) is 1. The van der Waals surface area contributed by atoms with Gasteiger partial charge in [0.15, 0.2) is 22.5 Å². The molecule has 0 atom stereocenters. The van der Waals surface area contributed by atoms with Gasteiger partial charge in [0, 0.05) is 12.7 Å². The third-order valence-electron chi connectivity index (χ3n) is 2.16. The SMILES string of the molecule is CCNc1ncc(COc2c(F)cccc2F)s1. The van der Waals surface area contributed by atoms with Crippen LogP contribution in [0.5, 0.6) is 5.75 Å². The molecule has 3 nitrogen and oxygen atoms in total. The highest BCUT2D eigenvalue weighted by molar-refractivity contribution is 7.15. The van der Waals surface area contributed by atoms with Crippen LogP contribution in [-0.2, 0) is 6.61 Å². The molecule has 0 saturated heterocycles. The molecule has 0 amide bonds. The minimum Gasteiger partial charge on any atom is -0.482 e. The second kappa shape index (κ2) is 5.77. The van der Waals surface area contributed by atoms with Crippen LogP contribution in [0.2, 0.25) is 0 Å². The number of ether oxygens (including phenoxy) is 1. The summed E-state index contributed by atoms with van der Waals surface area (Å²) in [5.74, 6) is -1.76. The minimum absolute atomic E-state index is 0.0981. The van der Waals surface area contributed by atoms with E-state index < -0.39 is 11.6 Å². The van der Waals surface area contributed by atoms with Gasteiger partial charge in [-0.1, -0.05) is 17.4 Å². The molecule has 0 aliphatic heterocycles. The van der Waals surface area contributed by atoms with Crippen LogP contribution >= 0.6 is 11.3 Å². The first kappa shape index (κ1) is 12.8. The van der Waals surface area contributed by atoms with Crippen molar-refractivity contribution < 1.29 is 13.5 Å². The molecule has 96 valence electrons. The summed E-state index contributed by atoms with van der Waals surface area (Å²) in [5, 5.41) is 3.82. The smallest absolute Gasteiger partial charge is 0.191 e. The Morgan fingerprint density at radius 3 is 2.72 bits per heavy atom. The summed E-state index contributed by atoms with van der Waals surface area (Å²) in [7, 11) is 0. The van der Waals surface area contributed by atoms with E-state index in [1.165, 1.54) is 17.4 Å². The van der Waals surface area contributed by atoms with Crippen molar-refractivity contribution in [3.05, 3.63) is 40.9 Å². The van der Waals surface area contributed by atoms with Crippen molar-refractivity contribution in [1.29, 1.82) is 0 Å². The quantitative estimate of drug-likeness (QED) is 0.903. The molecule has 0 spiro atoms. The molecule has 2 rings (SSSR count). The van der Waals surface area contributed by atoms with Crippen LogP contribution < -0.4 is 10.1 Å². The summed E-state index contributed by atoms with van der Waals surface area (Å²) in [6.07, 6.45) is 1.63. The average Bonchev–Trinajstić information content (AvgIpc) is 2.77. The number of thiazole rings is 1. The van der Waals surface area contributed by atoms with Crippen LogP contribution in [0.15, 0.2) is 24.4 Å². The predicted octanol–water partition coefficient (Wildman–Crippen LogP) is 3.43. The highest BCUT2D eigenvalue weighted by Gasteiger charge is 2.10. The molecule has 1 heterocycles. The Morgan fingerprint density at radius 1 is 1.33 bits per heavy atom. The van der Waals surface area contributed by atoms with Gasteiger partial charge in [0.1, 0.15) is 6.61 Å². The highest BCUT2D eigenvalue weighted by Crippen LogP contribution is 2.24. The lowest BCUT2D eigenvalue weighted by atomic mass is 10.3. The number of hydrogen-bond acceptors (Lipinski definition) is 4. The van der Waals surface area contributed by atoms with E-state index in [1.54, 1.807) is 6.20 Å². The van der Waals surface area contributed by atoms with Gasteiger partial charge in [-0.15, -0.1) is 0 Å². The fraction of sp³-hybridized carbons (Fsp3) is 0.250. The molecular formula is C12H12F2N2OS. The van der Waals surface area contributed by atoms with Gasteiger partial charge in [0.2, 0.25) is 0 Å². The van der Waals surface area contributed by atoms with Crippen molar-refractivity contribution in [3.8, 4) is 5.75 Å². The molecule has 0 radical (unpaired) electrons. The molecule has 0 unspecified atom stereocenters. The largest absolute Gasteiger partial charge is 0.482 e. The van der Waals surface area contributed by atoms with E-state index in [1.807, 2.05) is 6.92 Å². The van der Waals surface area contributed by atoms with Gasteiger partial charge in [-0.2, -0.15) is 0 Å². The fourth-order valence-electron chi connectivity index (χ4n) is 1.37. The standard InChI is InChI=1S/C12H12F2N2OS/c1-2-15-12-16-6-8(18-12)7-17-11-9(13)4-3-5-10(11)14/h3-6H,2,7H2,1H3,(H,15,16). The zero-order valence-corrected chi connectivity index (χ0v) is 10.6. The van der Waals surface area contributed by atoms with Crippen molar-refractivity contribution in [2.75, 3.05) is 11.9 Å². The molecule has 18 heavy (non-hydrogen) atoms. The number of anilines is 1. The van der Waals surface area contributed by atoms with Crippen molar-refractivity contribution >= 4 is 16.5 Å². The Bertz CT molecular complexity index is 510. The van der Waals surface area contributed by atoms with E-state index in [9.17, 15) is 8.78 Å². The van der Waals surface area contributed by atoms with Crippen LogP contribution in [0.25, 0.3) is 0 Å². The summed E-state index contributed by atoms with van der Waals surface area (Å²) >= 11 is 1.40. The monoisotopic (exact) mass is 270 g/mol. The van der Waals surface area contributed by atoms with Gasteiger partial charge in [0.05, 0.1) is 4.88 Å². The molecule has 2 aromatic rings. The van der Waals surface area contributed by atoms with E-state index >= 15 is 0 Å². The van der Waals surface area contributed by atoms with E-state index in [2.05, 4.69) is 10.3 Å². The lowest BCUT2D eigenvalue weighted by Crippen LogP contribution is -1.98. The molecule has 0 fully saturated rings. The summed E-state index contributed by atoms with van der Waals surface area (Å²) in [6.45, 7) is 2.84. The molecular weight excluding hydrogens is 258 g/mol. The maximum absolute atomic E-state index is 13.3. The number of para-hydroxylation sites is 1. The number of rotatable bonds is 5. The molecule has 1 N–H and O–H groups in total. The maximum atomic E-state index is 13.3. The van der Waals surface area contributed by atoms with E-state index in [4.69, 9.17) is 4.74 Å². The lowest BCUT2D eigenvalue weighted by molar-refractivity contribution is 0.277. The predicted molar refractivity (Wildman–Crippen MR) is 67.0 cm³/mol. The van der Waals surface area contributed by atoms with Crippen molar-refractivity contribution in [1.82, 2.24) is 4.98 Å². The second-order valence-corrected chi connectivity index (χ2v) is 4.62. The number of halogens is 2.